The standard InChI is InChI=1S/C32H41N3O5/c1-4-39-30(38)32(21-23-11-6-5-7-12-23)16-10-17-35(22-32)28(36)26(34-29(37)31(2,3)33)20-24-15-18-40-27-14-9-8-13-25(27)19-24/h5-9,11-14,19,26H,4,10,15-18,20-22,33H2,1-3H3,(H,34,37)/t26-,32?/m1/s1. The molecule has 8 nitrogen and oxygen atoms in total. The monoisotopic (exact) mass is 547 g/mol. The van der Waals surface area contributed by atoms with Gasteiger partial charge in [-0.15, -0.1) is 0 Å². The Morgan fingerprint density at radius 3 is 2.58 bits per heavy atom. The van der Waals surface area contributed by atoms with Crippen molar-refractivity contribution < 1.29 is 23.9 Å². The number of amides is 2. The van der Waals surface area contributed by atoms with Gasteiger partial charge in [0.15, 0.2) is 0 Å². The molecule has 0 radical (unpaired) electrons. The van der Waals surface area contributed by atoms with Crippen LogP contribution in [0.1, 0.15) is 57.6 Å². The molecule has 2 aliphatic rings. The lowest BCUT2D eigenvalue weighted by Gasteiger charge is -2.42. The minimum Gasteiger partial charge on any atom is -0.493 e. The number of nitrogens with zero attached hydrogens (tertiary/aromatic N) is 1. The van der Waals surface area contributed by atoms with Crippen LogP contribution in [0.4, 0.5) is 0 Å². The molecule has 1 saturated heterocycles. The molecule has 1 unspecified atom stereocenters. The summed E-state index contributed by atoms with van der Waals surface area (Å²) < 4.78 is 11.4. The van der Waals surface area contributed by atoms with Crippen molar-refractivity contribution in [1.82, 2.24) is 10.2 Å². The maximum Gasteiger partial charge on any atom is 0.314 e. The van der Waals surface area contributed by atoms with Crippen molar-refractivity contribution in [3.63, 3.8) is 0 Å². The molecule has 214 valence electrons. The van der Waals surface area contributed by atoms with Crippen LogP contribution in [0.2, 0.25) is 0 Å². The van der Waals surface area contributed by atoms with E-state index in [4.69, 9.17) is 15.2 Å². The van der Waals surface area contributed by atoms with Crippen molar-refractivity contribution >= 4 is 23.9 Å². The average Bonchev–Trinajstić information content (AvgIpc) is 3.14. The number of ether oxygens (including phenoxy) is 2. The minimum absolute atomic E-state index is 0.224. The zero-order chi connectivity index (χ0) is 28.8. The Labute approximate surface area is 236 Å². The third-order valence-electron chi connectivity index (χ3n) is 7.60. The molecule has 2 heterocycles. The van der Waals surface area contributed by atoms with Crippen LogP contribution < -0.4 is 15.8 Å². The second kappa shape index (κ2) is 12.7. The predicted molar refractivity (Wildman–Crippen MR) is 154 cm³/mol. The summed E-state index contributed by atoms with van der Waals surface area (Å²) in [7, 11) is 0. The number of benzene rings is 2. The fourth-order valence-corrected chi connectivity index (χ4v) is 5.48. The van der Waals surface area contributed by atoms with Gasteiger partial charge in [-0.2, -0.15) is 0 Å². The van der Waals surface area contributed by atoms with Crippen LogP contribution in [0, 0.1) is 5.41 Å². The van der Waals surface area contributed by atoms with Gasteiger partial charge in [0.1, 0.15) is 11.8 Å². The third-order valence-corrected chi connectivity index (χ3v) is 7.60. The average molecular weight is 548 g/mol. The van der Waals surface area contributed by atoms with Crippen molar-refractivity contribution in [3.05, 3.63) is 71.3 Å². The van der Waals surface area contributed by atoms with E-state index >= 15 is 0 Å². The Morgan fingerprint density at radius 2 is 1.85 bits per heavy atom. The molecular formula is C32H41N3O5. The van der Waals surface area contributed by atoms with Gasteiger partial charge >= 0.3 is 5.97 Å². The summed E-state index contributed by atoms with van der Waals surface area (Å²) in [6.07, 6.45) is 4.74. The highest BCUT2D eigenvalue weighted by Gasteiger charge is 2.46. The number of nitrogens with two attached hydrogens (primary N) is 1. The third kappa shape index (κ3) is 7.10. The van der Waals surface area contributed by atoms with Crippen LogP contribution in [0.15, 0.2) is 60.2 Å². The van der Waals surface area contributed by atoms with E-state index in [0.29, 0.717) is 45.3 Å². The minimum atomic E-state index is -1.16. The largest absolute Gasteiger partial charge is 0.493 e. The van der Waals surface area contributed by atoms with E-state index in [1.807, 2.05) is 60.7 Å². The summed E-state index contributed by atoms with van der Waals surface area (Å²) in [4.78, 5) is 42.2. The molecule has 2 aromatic rings. The fourth-order valence-electron chi connectivity index (χ4n) is 5.48. The predicted octanol–water partition coefficient (Wildman–Crippen LogP) is 3.88. The Kier molecular flexibility index (Phi) is 9.30. The van der Waals surface area contributed by atoms with E-state index < -0.39 is 22.9 Å². The summed E-state index contributed by atoms with van der Waals surface area (Å²) in [6.45, 7) is 6.50. The highest BCUT2D eigenvalue weighted by Crippen LogP contribution is 2.36. The van der Waals surface area contributed by atoms with E-state index in [-0.39, 0.29) is 25.0 Å². The molecule has 4 rings (SSSR count). The van der Waals surface area contributed by atoms with E-state index in [1.165, 1.54) is 0 Å². The molecule has 0 spiro atoms. The Morgan fingerprint density at radius 1 is 1.12 bits per heavy atom. The van der Waals surface area contributed by atoms with Crippen molar-refractivity contribution in [1.29, 1.82) is 0 Å². The van der Waals surface area contributed by atoms with Gasteiger partial charge in [-0.1, -0.05) is 60.2 Å². The van der Waals surface area contributed by atoms with Gasteiger partial charge in [-0.25, -0.2) is 0 Å². The first kappa shape index (κ1) is 29.3. The number of para-hydroxylation sites is 1. The van der Waals surface area contributed by atoms with Crippen LogP contribution in [0.25, 0.3) is 6.08 Å². The van der Waals surface area contributed by atoms with Gasteiger partial charge in [0.2, 0.25) is 11.8 Å². The second-order valence-electron chi connectivity index (χ2n) is 11.4. The summed E-state index contributed by atoms with van der Waals surface area (Å²) in [5.74, 6) is -0.128. The number of hydrogen-bond acceptors (Lipinski definition) is 6. The van der Waals surface area contributed by atoms with Gasteiger partial charge in [-0.3, -0.25) is 14.4 Å². The smallest absolute Gasteiger partial charge is 0.314 e. The Hall–Kier alpha value is -3.65. The van der Waals surface area contributed by atoms with Gasteiger partial charge in [0, 0.05) is 25.1 Å². The number of esters is 1. The molecule has 2 amide bonds. The number of likely N-dealkylation sites (tertiary alicyclic amines) is 1. The van der Waals surface area contributed by atoms with Crippen molar-refractivity contribution in [2.45, 2.75) is 64.5 Å². The SMILES string of the molecule is CCOC(=O)C1(Cc2ccccc2)CCCN(C(=O)[C@@H](CC2=Cc3ccccc3OCC2)NC(=O)C(C)(C)N)C1. The summed E-state index contributed by atoms with van der Waals surface area (Å²) in [5, 5.41) is 2.92. The van der Waals surface area contributed by atoms with E-state index in [2.05, 4.69) is 5.32 Å². The zero-order valence-electron chi connectivity index (χ0n) is 23.8. The molecule has 2 atom stereocenters. The lowest BCUT2D eigenvalue weighted by molar-refractivity contribution is -0.161. The molecule has 0 aliphatic carbocycles. The molecule has 2 aliphatic heterocycles. The number of fused-ring (bicyclic) bond motifs is 1. The Bertz CT molecular complexity index is 1240. The van der Waals surface area contributed by atoms with Crippen LogP contribution >= 0.6 is 0 Å². The number of carbonyl (C=O) groups is 3. The van der Waals surface area contributed by atoms with Crippen LogP contribution in [-0.4, -0.2) is 60.6 Å². The molecule has 40 heavy (non-hydrogen) atoms. The van der Waals surface area contributed by atoms with E-state index in [1.54, 1.807) is 25.7 Å². The van der Waals surface area contributed by atoms with E-state index in [9.17, 15) is 14.4 Å². The lowest BCUT2D eigenvalue weighted by Crippen LogP contribution is -2.59. The molecule has 8 heteroatoms. The second-order valence-corrected chi connectivity index (χ2v) is 11.4. The lowest BCUT2D eigenvalue weighted by atomic mass is 9.74. The van der Waals surface area contributed by atoms with Gasteiger partial charge in [0.05, 0.1) is 24.2 Å². The van der Waals surface area contributed by atoms with Crippen molar-refractivity contribution in [3.8, 4) is 5.75 Å². The highest BCUT2D eigenvalue weighted by atomic mass is 16.5. The number of hydrogen-bond donors (Lipinski definition) is 2. The normalized spacial score (nSPS) is 19.8. The number of rotatable bonds is 9. The molecule has 3 N–H and O–H groups in total. The van der Waals surface area contributed by atoms with Crippen molar-refractivity contribution in [2.24, 2.45) is 11.1 Å². The zero-order valence-corrected chi connectivity index (χ0v) is 23.8. The highest BCUT2D eigenvalue weighted by molar-refractivity contribution is 5.92. The van der Waals surface area contributed by atoms with Gasteiger partial charge in [-0.05, 0) is 58.1 Å². The summed E-state index contributed by atoms with van der Waals surface area (Å²) in [6, 6.07) is 16.8. The summed E-state index contributed by atoms with van der Waals surface area (Å²) >= 11 is 0. The van der Waals surface area contributed by atoms with Crippen molar-refractivity contribution in [2.75, 3.05) is 26.3 Å². The fraction of sp³-hybridized carbons (Fsp3) is 0.469. The van der Waals surface area contributed by atoms with Crippen LogP contribution in [0.5, 0.6) is 5.75 Å². The molecular weight excluding hydrogens is 506 g/mol. The van der Waals surface area contributed by atoms with Crippen LogP contribution in [-0.2, 0) is 25.5 Å². The van der Waals surface area contributed by atoms with Gasteiger partial charge < -0.3 is 25.4 Å². The summed E-state index contributed by atoms with van der Waals surface area (Å²) in [5.41, 5.74) is 7.03. The first-order chi connectivity index (χ1) is 19.1. The van der Waals surface area contributed by atoms with E-state index in [0.717, 1.165) is 22.4 Å². The molecule has 2 aromatic carbocycles. The van der Waals surface area contributed by atoms with Gasteiger partial charge in [0.25, 0.3) is 0 Å². The first-order valence-corrected chi connectivity index (χ1v) is 14.1. The molecule has 0 bridgehead atoms. The molecule has 0 saturated carbocycles. The maximum absolute atomic E-state index is 14.1. The first-order valence-electron chi connectivity index (χ1n) is 14.1. The number of piperidine rings is 1. The molecule has 0 aromatic heterocycles. The topological polar surface area (TPSA) is 111 Å². The number of carbonyl (C=O) groups excluding carboxylic acids is 3. The quantitative estimate of drug-likeness (QED) is 0.461. The molecule has 1 fully saturated rings. The number of nitrogens with one attached hydrogen (secondary N) is 1. The maximum atomic E-state index is 14.1. The Balaban J connectivity index is 1.61. The van der Waals surface area contributed by atoms with Crippen LogP contribution in [0.3, 0.4) is 0 Å².